The molecule has 0 spiro atoms. The van der Waals surface area contributed by atoms with Crippen molar-refractivity contribution in [3.05, 3.63) is 102 Å². The number of para-hydroxylation sites is 1. The molecule has 1 aromatic heterocycles. The maximum atomic E-state index is 12.7. The van der Waals surface area contributed by atoms with Gasteiger partial charge in [0.05, 0.1) is 5.69 Å². The van der Waals surface area contributed by atoms with Gasteiger partial charge in [-0.3, -0.25) is 4.79 Å². The summed E-state index contributed by atoms with van der Waals surface area (Å²) in [5, 5.41) is 6.23. The molecule has 148 valence electrons. The molecule has 0 saturated carbocycles. The average Bonchev–Trinajstić information content (AvgIpc) is 2.76. The highest BCUT2D eigenvalue weighted by Crippen LogP contribution is 2.23. The molecule has 5 nitrogen and oxygen atoms in total. The lowest BCUT2D eigenvalue weighted by molar-refractivity contribution is 0.102. The summed E-state index contributed by atoms with van der Waals surface area (Å²) in [6, 6.07) is 25.1. The van der Waals surface area contributed by atoms with Crippen LogP contribution >= 0.6 is 0 Å². The molecule has 0 aliphatic heterocycles. The number of aryl methyl sites for hydroxylation is 2. The summed E-state index contributed by atoms with van der Waals surface area (Å²) in [6.07, 6.45) is 1.54. The number of hydrogen-bond donors (Lipinski definition) is 2. The van der Waals surface area contributed by atoms with E-state index < -0.39 is 0 Å². The molecule has 4 rings (SSSR count). The maximum Gasteiger partial charge on any atom is 0.255 e. The Balaban J connectivity index is 1.53. The zero-order valence-corrected chi connectivity index (χ0v) is 16.9. The van der Waals surface area contributed by atoms with Crippen LogP contribution in [-0.4, -0.2) is 15.9 Å². The largest absolute Gasteiger partial charge is 0.340 e. The molecule has 3 aromatic carbocycles. The van der Waals surface area contributed by atoms with Gasteiger partial charge < -0.3 is 10.6 Å². The molecule has 0 aliphatic carbocycles. The van der Waals surface area contributed by atoms with Gasteiger partial charge in [-0.05, 0) is 49.7 Å². The summed E-state index contributed by atoms with van der Waals surface area (Å²) in [6.45, 7) is 4.02. The van der Waals surface area contributed by atoms with Gasteiger partial charge in [-0.25, -0.2) is 9.97 Å². The Morgan fingerprint density at radius 3 is 2.50 bits per heavy atom. The van der Waals surface area contributed by atoms with Crippen molar-refractivity contribution >= 4 is 23.1 Å². The molecule has 0 bridgehead atoms. The first-order chi connectivity index (χ1) is 14.6. The number of carbonyl (C=O) groups is 1. The Hall–Kier alpha value is -3.99. The Kier molecular flexibility index (Phi) is 5.52. The molecule has 0 aliphatic rings. The van der Waals surface area contributed by atoms with E-state index in [4.69, 9.17) is 0 Å². The van der Waals surface area contributed by atoms with E-state index in [0.29, 0.717) is 11.4 Å². The number of hydrogen-bond acceptors (Lipinski definition) is 4. The summed E-state index contributed by atoms with van der Waals surface area (Å²) in [5.41, 5.74) is 6.21. The normalized spacial score (nSPS) is 10.5. The lowest BCUT2D eigenvalue weighted by atomic mass is 10.1. The van der Waals surface area contributed by atoms with Crippen LogP contribution in [-0.2, 0) is 0 Å². The van der Waals surface area contributed by atoms with E-state index in [0.717, 1.165) is 28.2 Å². The van der Waals surface area contributed by atoms with Gasteiger partial charge in [-0.2, -0.15) is 0 Å². The predicted octanol–water partition coefficient (Wildman–Crippen LogP) is 5.76. The minimum Gasteiger partial charge on any atom is -0.340 e. The first-order valence-electron chi connectivity index (χ1n) is 9.72. The minimum atomic E-state index is -0.156. The van der Waals surface area contributed by atoms with Gasteiger partial charge in [0, 0.05) is 28.6 Å². The van der Waals surface area contributed by atoms with Crippen molar-refractivity contribution in [2.45, 2.75) is 13.8 Å². The molecule has 4 aromatic rings. The number of rotatable bonds is 5. The second kappa shape index (κ2) is 8.57. The van der Waals surface area contributed by atoms with Crippen molar-refractivity contribution in [3.63, 3.8) is 0 Å². The van der Waals surface area contributed by atoms with Crippen LogP contribution in [0.3, 0.4) is 0 Å². The first kappa shape index (κ1) is 19.3. The number of benzene rings is 3. The van der Waals surface area contributed by atoms with Crippen molar-refractivity contribution in [1.82, 2.24) is 9.97 Å². The number of carbonyl (C=O) groups excluding carboxylic acids is 1. The van der Waals surface area contributed by atoms with E-state index in [-0.39, 0.29) is 5.91 Å². The summed E-state index contributed by atoms with van der Waals surface area (Å²) in [5.74, 6) is 0.508. The van der Waals surface area contributed by atoms with E-state index in [1.165, 1.54) is 11.9 Å². The topological polar surface area (TPSA) is 66.9 Å². The zero-order chi connectivity index (χ0) is 20.9. The summed E-state index contributed by atoms with van der Waals surface area (Å²) in [7, 11) is 0. The maximum absolute atomic E-state index is 12.7. The van der Waals surface area contributed by atoms with Crippen LogP contribution < -0.4 is 10.6 Å². The lowest BCUT2D eigenvalue weighted by Crippen LogP contribution is -2.12. The molecule has 2 N–H and O–H groups in total. The molecule has 1 heterocycles. The monoisotopic (exact) mass is 394 g/mol. The number of aromatic nitrogens is 2. The third-order valence-electron chi connectivity index (χ3n) is 4.77. The van der Waals surface area contributed by atoms with Gasteiger partial charge in [0.2, 0.25) is 0 Å². The minimum absolute atomic E-state index is 0.156. The van der Waals surface area contributed by atoms with Crippen LogP contribution in [0.2, 0.25) is 0 Å². The Labute approximate surface area is 175 Å². The molecular weight excluding hydrogens is 372 g/mol. The van der Waals surface area contributed by atoms with Crippen LogP contribution in [0, 0.1) is 13.8 Å². The smallest absolute Gasteiger partial charge is 0.255 e. The number of nitrogens with zero attached hydrogens (tertiary/aromatic N) is 2. The second-order valence-electron chi connectivity index (χ2n) is 7.13. The number of anilines is 3. The highest BCUT2D eigenvalue weighted by Gasteiger charge is 2.09. The van der Waals surface area contributed by atoms with Gasteiger partial charge in [0.15, 0.2) is 0 Å². The average molecular weight is 394 g/mol. The Morgan fingerprint density at radius 1 is 0.833 bits per heavy atom. The van der Waals surface area contributed by atoms with Gasteiger partial charge in [-0.15, -0.1) is 0 Å². The van der Waals surface area contributed by atoms with Crippen molar-refractivity contribution in [1.29, 1.82) is 0 Å². The third-order valence-corrected chi connectivity index (χ3v) is 4.77. The zero-order valence-electron chi connectivity index (χ0n) is 16.9. The van der Waals surface area contributed by atoms with Crippen LogP contribution in [0.15, 0.2) is 85.2 Å². The molecule has 0 saturated heterocycles. The summed E-state index contributed by atoms with van der Waals surface area (Å²) < 4.78 is 0. The number of amides is 1. The SMILES string of the molecule is Cc1cccc(-c2cc(Nc3cccc(C(=O)Nc4ccccc4C)c3)ncn2)c1. The van der Waals surface area contributed by atoms with E-state index in [9.17, 15) is 4.79 Å². The Morgan fingerprint density at radius 2 is 1.67 bits per heavy atom. The van der Waals surface area contributed by atoms with Crippen molar-refractivity contribution in [2.24, 2.45) is 0 Å². The summed E-state index contributed by atoms with van der Waals surface area (Å²) >= 11 is 0. The van der Waals surface area contributed by atoms with E-state index in [1.807, 2.05) is 67.6 Å². The molecule has 30 heavy (non-hydrogen) atoms. The van der Waals surface area contributed by atoms with Gasteiger partial charge in [0.1, 0.15) is 12.1 Å². The van der Waals surface area contributed by atoms with Gasteiger partial charge in [-0.1, -0.05) is 48.0 Å². The van der Waals surface area contributed by atoms with E-state index in [1.54, 1.807) is 6.07 Å². The van der Waals surface area contributed by atoms with Crippen LogP contribution in [0.1, 0.15) is 21.5 Å². The second-order valence-corrected chi connectivity index (χ2v) is 7.13. The lowest BCUT2D eigenvalue weighted by Gasteiger charge is -2.11. The third kappa shape index (κ3) is 4.52. The number of nitrogens with one attached hydrogen (secondary N) is 2. The van der Waals surface area contributed by atoms with Crippen LogP contribution in [0.5, 0.6) is 0 Å². The molecule has 0 unspecified atom stereocenters. The first-order valence-corrected chi connectivity index (χ1v) is 9.72. The molecule has 0 atom stereocenters. The Bertz CT molecular complexity index is 1200. The molecular formula is C25H22N4O. The van der Waals surface area contributed by atoms with E-state index >= 15 is 0 Å². The fraction of sp³-hybridized carbons (Fsp3) is 0.0800. The van der Waals surface area contributed by atoms with Gasteiger partial charge >= 0.3 is 0 Å². The highest BCUT2D eigenvalue weighted by molar-refractivity contribution is 6.05. The molecule has 0 fully saturated rings. The fourth-order valence-electron chi connectivity index (χ4n) is 3.18. The van der Waals surface area contributed by atoms with Gasteiger partial charge in [0.25, 0.3) is 5.91 Å². The van der Waals surface area contributed by atoms with Crippen molar-refractivity contribution in [3.8, 4) is 11.3 Å². The predicted molar refractivity (Wildman–Crippen MR) is 121 cm³/mol. The van der Waals surface area contributed by atoms with Crippen molar-refractivity contribution < 1.29 is 4.79 Å². The highest BCUT2D eigenvalue weighted by atomic mass is 16.1. The standard InChI is InChI=1S/C25H22N4O/c1-17-7-5-9-19(13-17)23-15-24(27-16-26-23)28-21-11-6-10-20(14-21)25(30)29-22-12-4-3-8-18(22)2/h3-16H,1-2H3,(H,29,30)(H,26,27,28). The van der Waals surface area contributed by atoms with E-state index in [2.05, 4.69) is 39.7 Å². The molecule has 0 radical (unpaired) electrons. The molecule has 1 amide bonds. The fourth-order valence-corrected chi connectivity index (χ4v) is 3.18. The van der Waals surface area contributed by atoms with Crippen molar-refractivity contribution in [2.75, 3.05) is 10.6 Å². The van der Waals surface area contributed by atoms with Crippen LogP contribution in [0.25, 0.3) is 11.3 Å². The summed E-state index contributed by atoms with van der Waals surface area (Å²) in [4.78, 5) is 21.4. The quantitative estimate of drug-likeness (QED) is 0.452. The molecule has 5 heteroatoms. The van der Waals surface area contributed by atoms with Crippen LogP contribution in [0.4, 0.5) is 17.2 Å².